The smallest absolute Gasteiger partial charge is 0.255 e. The SMILES string of the molecule is Cc1nc(CSc2ccc(C(=O)Nc3cccc(Cl)c3C)cc2)cs1. The maximum absolute atomic E-state index is 12.4. The zero-order valence-corrected chi connectivity index (χ0v) is 16.3. The molecule has 128 valence electrons. The zero-order chi connectivity index (χ0) is 17.8. The number of nitrogens with one attached hydrogen (secondary N) is 1. The Labute approximate surface area is 160 Å². The van der Waals surface area contributed by atoms with Crippen LogP contribution in [0.5, 0.6) is 0 Å². The van der Waals surface area contributed by atoms with Crippen molar-refractivity contribution < 1.29 is 4.79 Å². The van der Waals surface area contributed by atoms with Gasteiger partial charge in [-0.25, -0.2) is 4.98 Å². The lowest BCUT2D eigenvalue weighted by Crippen LogP contribution is -2.12. The van der Waals surface area contributed by atoms with Crippen molar-refractivity contribution in [3.8, 4) is 0 Å². The normalized spacial score (nSPS) is 10.7. The molecule has 0 aliphatic rings. The van der Waals surface area contributed by atoms with Gasteiger partial charge in [-0.3, -0.25) is 4.79 Å². The summed E-state index contributed by atoms with van der Waals surface area (Å²) < 4.78 is 0. The summed E-state index contributed by atoms with van der Waals surface area (Å²) in [6.45, 7) is 3.89. The van der Waals surface area contributed by atoms with Crippen molar-refractivity contribution in [1.82, 2.24) is 4.98 Å². The highest BCUT2D eigenvalue weighted by molar-refractivity contribution is 7.98. The molecule has 0 aliphatic carbocycles. The van der Waals surface area contributed by atoms with Crippen LogP contribution in [0.25, 0.3) is 0 Å². The van der Waals surface area contributed by atoms with Gasteiger partial charge >= 0.3 is 0 Å². The summed E-state index contributed by atoms with van der Waals surface area (Å²) in [7, 11) is 0. The van der Waals surface area contributed by atoms with E-state index in [0.29, 0.717) is 10.6 Å². The molecule has 1 heterocycles. The second kappa shape index (κ2) is 8.04. The number of nitrogens with zero attached hydrogens (tertiary/aromatic N) is 1. The number of thioether (sulfide) groups is 1. The number of carbonyl (C=O) groups is 1. The van der Waals surface area contributed by atoms with Crippen molar-refractivity contribution in [2.75, 3.05) is 5.32 Å². The van der Waals surface area contributed by atoms with E-state index in [-0.39, 0.29) is 5.91 Å². The highest BCUT2D eigenvalue weighted by Gasteiger charge is 2.09. The van der Waals surface area contributed by atoms with Gasteiger partial charge in [0.2, 0.25) is 0 Å². The van der Waals surface area contributed by atoms with Gasteiger partial charge in [0.15, 0.2) is 0 Å². The minimum absolute atomic E-state index is 0.142. The van der Waals surface area contributed by atoms with Crippen LogP contribution in [-0.2, 0) is 5.75 Å². The average molecular weight is 389 g/mol. The number of aromatic nitrogens is 1. The van der Waals surface area contributed by atoms with Crippen molar-refractivity contribution in [1.29, 1.82) is 0 Å². The maximum atomic E-state index is 12.4. The van der Waals surface area contributed by atoms with Crippen LogP contribution in [0.1, 0.15) is 26.6 Å². The molecule has 0 aliphatic heterocycles. The number of aryl methyl sites for hydroxylation is 1. The first-order valence-electron chi connectivity index (χ1n) is 7.73. The first-order valence-corrected chi connectivity index (χ1v) is 9.97. The Kier molecular flexibility index (Phi) is 5.78. The zero-order valence-electron chi connectivity index (χ0n) is 13.9. The molecule has 0 unspecified atom stereocenters. The third-order valence-electron chi connectivity index (χ3n) is 3.69. The van der Waals surface area contributed by atoms with Gasteiger partial charge in [0.1, 0.15) is 0 Å². The molecule has 0 saturated carbocycles. The third kappa shape index (κ3) is 4.63. The molecule has 0 bridgehead atoms. The fraction of sp³-hybridized carbons (Fsp3) is 0.158. The monoisotopic (exact) mass is 388 g/mol. The van der Waals surface area contributed by atoms with Crippen LogP contribution in [0.3, 0.4) is 0 Å². The molecule has 1 N–H and O–H groups in total. The summed E-state index contributed by atoms with van der Waals surface area (Å²) in [4.78, 5) is 18.0. The minimum Gasteiger partial charge on any atom is -0.322 e. The summed E-state index contributed by atoms with van der Waals surface area (Å²) in [6.07, 6.45) is 0. The first-order chi connectivity index (χ1) is 12.0. The van der Waals surface area contributed by atoms with E-state index in [1.54, 1.807) is 23.1 Å². The summed E-state index contributed by atoms with van der Waals surface area (Å²) in [5, 5.41) is 6.71. The topological polar surface area (TPSA) is 42.0 Å². The Morgan fingerprint density at radius 2 is 1.96 bits per heavy atom. The molecule has 0 fully saturated rings. The predicted molar refractivity (Wildman–Crippen MR) is 107 cm³/mol. The number of amides is 1. The van der Waals surface area contributed by atoms with E-state index in [4.69, 9.17) is 11.6 Å². The van der Waals surface area contributed by atoms with Crippen LogP contribution < -0.4 is 5.32 Å². The molecule has 1 aromatic heterocycles. The Hall–Kier alpha value is -1.82. The molecule has 3 nitrogen and oxygen atoms in total. The fourth-order valence-electron chi connectivity index (χ4n) is 2.27. The molecule has 0 saturated heterocycles. The Morgan fingerprint density at radius 3 is 2.64 bits per heavy atom. The molecule has 3 rings (SSSR count). The molecule has 0 radical (unpaired) electrons. The summed E-state index contributed by atoms with van der Waals surface area (Å²) in [6, 6.07) is 13.1. The lowest BCUT2D eigenvalue weighted by atomic mass is 10.1. The average Bonchev–Trinajstić information content (AvgIpc) is 3.03. The van der Waals surface area contributed by atoms with Crippen LogP contribution in [0, 0.1) is 13.8 Å². The lowest BCUT2D eigenvalue weighted by Gasteiger charge is -2.10. The van der Waals surface area contributed by atoms with Gasteiger partial charge in [-0.15, -0.1) is 23.1 Å². The Bertz CT molecular complexity index is 891. The molecular formula is C19H17ClN2OS2. The van der Waals surface area contributed by atoms with E-state index in [1.807, 2.05) is 56.3 Å². The van der Waals surface area contributed by atoms with Crippen molar-refractivity contribution in [2.24, 2.45) is 0 Å². The van der Waals surface area contributed by atoms with Crippen LogP contribution in [0.15, 0.2) is 52.7 Å². The van der Waals surface area contributed by atoms with Crippen LogP contribution in [0.4, 0.5) is 5.69 Å². The van der Waals surface area contributed by atoms with Crippen LogP contribution >= 0.6 is 34.7 Å². The maximum Gasteiger partial charge on any atom is 0.255 e. The van der Waals surface area contributed by atoms with Crippen LogP contribution in [0.2, 0.25) is 5.02 Å². The first kappa shape index (κ1) is 18.0. The number of halogens is 1. The molecule has 0 atom stereocenters. The van der Waals surface area contributed by atoms with Gasteiger partial charge < -0.3 is 5.32 Å². The van der Waals surface area contributed by atoms with E-state index < -0.39 is 0 Å². The van der Waals surface area contributed by atoms with Gasteiger partial charge in [-0.1, -0.05) is 17.7 Å². The Balaban J connectivity index is 1.63. The van der Waals surface area contributed by atoms with E-state index in [0.717, 1.165) is 32.6 Å². The molecule has 2 aromatic carbocycles. The van der Waals surface area contributed by atoms with Crippen molar-refractivity contribution in [2.45, 2.75) is 24.5 Å². The van der Waals surface area contributed by atoms with Gasteiger partial charge in [-0.2, -0.15) is 0 Å². The number of carbonyl (C=O) groups excluding carboxylic acids is 1. The molecule has 25 heavy (non-hydrogen) atoms. The second-order valence-electron chi connectivity index (χ2n) is 5.54. The van der Waals surface area contributed by atoms with Crippen LogP contribution in [-0.4, -0.2) is 10.9 Å². The highest BCUT2D eigenvalue weighted by atomic mass is 35.5. The highest BCUT2D eigenvalue weighted by Crippen LogP contribution is 2.25. The second-order valence-corrected chi connectivity index (χ2v) is 8.06. The van der Waals surface area contributed by atoms with E-state index in [2.05, 4.69) is 15.7 Å². The molecular weight excluding hydrogens is 372 g/mol. The third-order valence-corrected chi connectivity index (χ3v) is 5.96. The van der Waals surface area contributed by atoms with E-state index in [9.17, 15) is 4.79 Å². The van der Waals surface area contributed by atoms with Gasteiger partial charge in [0.25, 0.3) is 5.91 Å². The quantitative estimate of drug-likeness (QED) is 0.548. The Morgan fingerprint density at radius 1 is 1.20 bits per heavy atom. The predicted octanol–water partition coefficient (Wildman–Crippen LogP) is 5.96. The standard InChI is InChI=1S/C19H17ClN2OS2/c1-12-17(20)4-3-5-18(12)22-19(23)14-6-8-16(9-7-14)25-11-15-10-24-13(2)21-15/h3-10H,11H2,1-2H3,(H,22,23). The van der Waals surface area contributed by atoms with Gasteiger partial charge in [0.05, 0.1) is 10.7 Å². The number of anilines is 1. The van der Waals surface area contributed by atoms with Crippen molar-refractivity contribution >= 4 is 46.3 Å². The van der Waals surface area contributed by atoms with Gasteiger partial charge in [0, 0.05) is 32.3 Å². The minimum atomic E-state index is -0.142. The summed E-state index contributed by atoms with van der Waals surface area (Å²) in [5.41, 5.74) is 3.30. The van der Waals surface area contributed by atoms with Crippen molar-refractivity contribution in [3.63, 3.8) is 0 Å². The summed E-state index contributed by atoms with van der Waals surface area (Å²) >= 11 is 9.47. The molecule has 6 heteroatoms. The number of hydrogen-bond donors (Lipinski definition) is 1. The van der Waals surface area contributed by atoms with E-state index >= 15 is 0 Å². The lowest BCUT2D eigenvalue weighted by molar-refractivity contribution is 0.102. The molecule has 1 amide bonds. The number of rotatable bonds is 5. The number of hydrogen-bond acceptors (Lipinski definition) is 4. The summed E-state index contributed by atoms with van der Waals surface area (Å²) in [5.74, 6) is 0.689. The fourth-order valence-corrected chi connectivity index (χ4v) is 3.96. The number of benzene rings is 2. The molecule has 0 spiro atoms. The largest absolute Gasteiger partial charge is 0.322 e. The number of thiazole rings is 1. The van der Waals surface area contributed by atoms with Crippen molar-refractivity contribution in [3.05, 3.63) is 74.7 Å². The van der Waals surface area contributed by atoms with E-state index in [1.165, 1.54) is 0 Å². The molecule has 3 aromatic rings. The van der Waals surface area contributed by atoms with Gasteiger partial charge in [-0.05, 0) is 55.8 Å².